The number of amides is 6. The smallest absolute Gasteiger partial charge is 0.407 e. The summed E-state index contributed by atoms with van der Waals surface area (Å²) < 4.78 is 11.1. The van der Waals surface area contributed by atoms with Gasteiger partial charge in [0.05, 0.1) is 44.2 Å². The number of nitrogens with zero attached hydrogens (tertiary/aromatic N) is 6. The number of likely N-dealkylation sites (tertiary alicyclic amines) is 1. The minimum Gasteiger partial charge on any atom is -0.467 e. The maximum atomic E-state index is 13.0. The van der Waals surface area contributed by atoms with Crippen LogP contribution in [-0.4, -0.2) is 132 Å². The van der Waals surface area contributed by atoms with Crippen LogP contribution >= 0.6 is 0 Å². The molecule has 0 saturated carbocycles. The molecule has 3 rings (SSSR count). The van der Waals surface area contributed by atoms with Crippen molar-refractivity contribution in [3.63, 3.8) is 0 Å². The van der Waals surface area contributed by atoms with Crippen LogP contribution in [0.1, 0.15) is 59.8 Å². The molecule has 300 valence electrons. The summed E-state index contributed by atoms with van der Waals surface area (Å²) in [5.41, 5.74) is -0.341. The Morgan fingerprint density at radius 3 is 2.33 bits per heavy atom. The first-order valence-corrected chi connectivity index (χ1v) is 17.9. The summed E-state index contributed by atoms with van der Waals surface area (Å²) in [6, 6.07) is 1.85. The minimum absolute atomic E-state index is 0.101. The summed E-state index contributed by atoms with van der Waals surface area (Å²) in [6.07, 6.45) is 4.00. The average molecular weight is 770 g/mol. The van der Waals surface area contributed by atoms with Gasteiger partial charge >= 0.3 is 18.1 Å². The number of hydrogen-bond donors (Lipinski definition) is 5. The van der Waals surface area contributed by atoms with Gasteiger partial charge < -0.3 is 45.9 Å². The lowest BCUT2D eigenvalue weighted by atomic mass is 9.92. The van der Waals surface area contributed by atoms with Gasteiger partial charge in [0.15, 0.2) is 5.65 Å². The van der Waals surface area contributed by atoms with E-state index in [2.05, 4.69) is 43.5 Å². The summed E-state index contributed by atoms with van der Waals surface area (Å²) in [5, 5.41) is 21.8. The second kappa shape index (κ2) is 20.5. The third-order valence-electron chi connectivity index (χ3n) is 8.71. The number of rotatable bonds is 16. The van der Waals surface area contributed by atoms with E-state index in [0.29, 0.717) is 43.7 Å². The highest BCUT2D eigenvalue weighted by molar-refractivity contribution is 5.96. The van der Waals surface area contributed by atoms with E-state index in [1.54, 1.807) is 31.7 Å². The zero-order chi connectivity index (χ0) is 40.7. The predicted molar refractivity (Wildman–Crippen MR) is 197 cm³/mol. The predicted octanol–water partition coefficient (Wildman–Crippen LogP) is 0.161. The van der Waals surface area contributed by atoms with Crippen LogP contribution in [0.25, 0.3) is 11.0 Å². The molecule has 6 amide bonds. The Hall–Kier alpha value is -6.00. The quantitative estimate of drug-likeness (QED) is 0.113. The second-order valence-corrected chi connectivity index (χ2v) is 14.0. The number of unbranched alkanes of at least 4 members (excludes halogenated alkanes) is 1. The zero-order valence-electron chi connectivity index (χ0n) is 32.1. The number of likely N-dealkylation sites (N-methyl/N-ethyl adjacent to an activating group) is 1. The number of methoxy groups -OCH3 is 1. The molecule has 1 saturated heterocycles. The van der Waals surface area contributed by atoms with Crippen LogP contribution in [0, 0.1) is 17.2 Å². The topological polar surface area (TPSA) is 259 Å². The molecule has 2 aromatic heterocycles. The maximum Gasteiger partial charge on any atom is 0.407 e. The van der Waals surface area contributed by atoms with Gasteiger partial charge in [0, 0.05) is 32.9 Å². The summed E-state index contributed by atoms with van der Waals surface area (Å²) in [5.74, 6) is -2.15. The Labute approximate surface area is 319 Å². The fourth-order valence-corrected chi connectivity index (χ4v) is 5.84. The molecule has 1 aliphatic rings. The molecular weight excluding hydrogens is 718 g/mol. The number of aromatic nitrogens is 3. The van der Waals surface area contributed by atoms with Crippen molar-refractivity contribution in [3.8, 4) is 6.07 Å². The Balaban J connectivity index is 1.43. The van der Waals surface area contributed by atoms with Crippen molar-refractivity contribution in [2.24, 2.45) is 5.92 Å². The van der Waals surface area contributed by atoms with Crippen molar-refractivity contribution in [2.45, 2.75) is 77.5 Å². The molecule has 0 unspecified atom stereocenters. The number of anilines is 1. The minimum atomic E-state index is -0.977. The lowest BCUT2D eigenvalue weighted by Gasteiger charge is -2.42. The van der Waals surface area contributed by atoms with E-state index in [4.69, 9.17) is 14.7 Å². The molecule has 0 aromatic carbocycles. The molecule has 1 fully saturated rings. The highest BCUT2D eigenvalue weighted by atomic mass is 16.6. The van der Waals surface area contributed by atoms with E-state index in [1.807, 2.05) is 18.0 Å². The molecule has 55 heavy (non-hydrogen) atoms. The molecule has 1 aliphatic heterocycles. The number of ether oxygens (including phenoxy) is 2. The first kappa shape index (κ1) is 43.4. The van der Waals surface area contributed by atoms with Crippen molar-refractivity contribution < 1.29 is 43.0 Å². The molecule has 20 nitrogen and oxygen atoms in total. The number of carbonyl (C=O) groups excluding carboxylic acids is 7. The Morgan fingerprint density at radius 1 is 1.00 bits per heavy atom. The summed E-state index contributed by atoms with van der Waals surface area (Å²) in [4.78, 5) is 98.9. The second-order valence-electron chi connectivity index (χ2n) is 14.0. The third kappa shape index (κ3) is 13.4. The van der Waals surface area contributed by atoms with Crippen LogP contribution in [0.2, 0.25) is 0 Å². The van der Waals surface area contributed by atoms with Crippen molar-refractivity contribution >= 4 is 58.6 Å². The first-order chi connectivity index (χ1) is 26.0. The van der Waals surface area contributed by atoms with Gasteiger partial charge in [-0.1, -0.05) is 6.92 Å². The van der Waals surface area contributed by atoms with Crippen LogP contribution in [-0.2, 0) is 33.4 Å². The largest absolute Gasteiger partial charge is 0.467 e. The SMILES string of the molecule is COC(=O)[C@@H](CCCCNC(=O)OC(C)(C)C)NC(=O)CNC(=O)CNC(=O)CNC(=O)n1ccc2c(N(C)[C@H]3CN(C(=O)CC#N)CC[C@H]3C)ncnc21. The summed E-state index contributed by atoms with van der Waals surface area (Å²) >= 11 is 0. The molecule has 20 heteroatoms. The Bertz CT molecular complexity index is 1750. The van der Waals surface area contributed by atoms with E-state index >= 15 is 0 Å². The van der Waals surface area contributed by atoms with Crippen LogP contribution in [0.15, 0.2) is 18.6 Å². The summed E-state index contributed by atoms with van der Waals surface area (Å²) in [7, 11) is 3.03. The van der Waals surface area contributed by atoms with E-state index in [0.717, 1.165) is 6.42 Å². The first-order valence-electron chi connectivity index (χ1n) is 17.9. The molecule has 2 aromatic rings. The fourth-order valence-electron chi connectivity index (χ4n) is 5.84. The van der Waals surface area contributed by atoms with Crippen molar-refractivity contribution in [3.05, 3.63) is 18.6 Å². The summed E-state index contributed by atoms with van der Waals surface area (Å²) in [6.45, 7) is 7.18. The van der Waals surface area contributed by atoms with Gasteiger partial charge in [0.1, 0.15) is 30.2 Å². The van der Waals surface area contributed by atoms with Crippen molar-refractivity contribution in [2.75, 3.05) is 58.3 Å². The van der Waals surface area contributed by atoms with Gasteiger partial charge in [-0.25, -0.2) is 24.4 Å². The highest BCUT2D eigenvalue weighted by Gasteiger charge is 2.33. The van der Waals surface area contributed by atoms with Gasteiger partial charge in [-0.05, 0) is 58.4 Å². The standard InChI is InChI=1S/C35H51N11O9/c1-22-11-15-45(29(50)10-13-36)20-25(22)44(5)30-23-12-16-46(31(23)42-21-41-30)33(52)40-18-27(48)38-17-26(47)39-19-28(49)43-24(32(51)54-6)9-7-8-14-37-34(53)55-35(2,3)4/h12,16,21-22,24-25H,7-11,14-15,17-20H2,1-6H3,(H,37,53)(H,38,48)(H,39,47)(H,40,52)(H,43,49)/t22-,24-,25+/m1/s1. The maximum absolute atomic E-state index is 13.0. The van der Waals surface area contributed by atoms with E-state index < -0.39 is 67.1 Å². The van der Waals surface area contributed by atoms with E-state index in [9.17, 15) is 33.6 Å². The van der Waals surface area contributed by atoms with Gasteiger partial charge in [-0.15, -0.1) is 0 Å². The zero-order valence-corrected chi connectivity index (χ0v) is 32.1. The van der Waals surface area contributed by atoms with Crippen LogP contribution < -0.4 is 31.5 Å². The van der Waals surface area contributed by atoms with E-state index in [1.165, 1.54) is 24.2 Å². The average Bonchev–Trinajstić information content (AvgIpc) is 3.58. The van der Waals surface area contributed by atoms with Crippen LogP contribution in [0.4, 0.5) is 15.4 Å². The van der Waals surface area contributed by atoms with Crippen molar-refractivity contribution in [1.82, 2.24) is 46.0 Å². The number of alkyl carbamates (subject to hydrolysis) is 1. The molecule has 3 heterocycles. The number of fused-ring (bicyclic) bond motifs is 1. The normalized spacial score (nSPS) is 15.8. The number of esters is 1. The molecule has 3 atom stereocenters. The molecule has 0 bridgehead atoms. The lowest BCUT2D eigenvalue weighted by Crippen LogP contribution is -2.52. The Kier molecular flexibility index (Phi) is 16.1. The monoisotopic (exact) mass is 769 g/mol. The molecule has 0 spiro atoms. The number of hydrogen-bond acceptors (Lipinski definition) is 13. The Morgan fingerprint density at radius 2 is 1.67 bits per heavy atom. The molecular formula is C35H51N11O9. The van der Waals surface area contributed by atoms with Gasteiger partial charge in [-0.2, -0.15) is 5.26 Å². The highest BCUT2D eigenvalue weighted by Crippen LogP contribution is 2.29. The fraction of sp³-hybridized carbons (Fsp3) is 0.600. The van der Waals surface area contributed by atoms with Gasteiger partial charge in [-0.3, -0.25) is 23.7 Å². The number of carbonyl (C=O) groups is 7. The molecule has 0 aliphatic carbocycles. The molecule has 5 N–H and O–H groups in total. The number of nitriles is 1. The van der Waals surface area contributed by atoms with Gasteiger partial charge in [0.25, 0.3) is 0 Å². The third-order valence-corrected chi connectivity index (χ3v) is 8.71. The van der Waals surface area contributed by atoms with Crippen LogP contribution in [0.5, 0.6) is 0 Å². The van der Waals surface area contributed by atoms with E-state index in [-0.39, 0.29) is 36.4 Å². The van der Waals surface area contributed by atoms with Gasteiger partial charge in [0.2, 0.25) is 23.6 Å². The molecule has 0 radical (unpaired) electrons. The van der Waals surface area contributed by atoms with Crippen LogP contribution in [0.3, 0.4) is 0 Å². The number of piperidine rings is 1. The van der Waals surface area contributed by atoms with Crippen molar-refractivity contribution in [1.29, 1.82) is 5.26 Å². The number of nitrogens with one attached hydrogen (secondary N) is 5. The lowest BCUT2D eigenvalue weighted by molar-refractivity contribution is -0.145.